The molecule has 2 saturated heterocycles. The van der Waals surface area contributed by atoms with Crippen molar-refractivity contribution in [1.29, 1.82) is 0 Å². The van der Waals surface area contributed by atoms with Crippen LogP contribution in [0.25, 0.3) is 0 Å². The maximum Gasteiger partial charge on any atom is 0.247 e. The fourth-order valence-electron chi connectivity index (χ4n) is 2.75. The second kappa shape index (κ2) is 5.33. The Hall–Kier alpha value is -1.14. The second-order valence-corrected chi connectivity index (χ2v) is 6.70. The van der Waals surface area contributed by atoms with Gasteiger partial charge in [0.2, 0.25) is 11.8 Å². The average Bonchev–Trinajstić information content (AvgIpc) is 2.33. The first-order valence-corrected chi connectivity index (χ1v) is 7.09. The predicted molar refractivity (Wildman–Crippen MR) is 75.3 cm³/mol. The molecular formula is C14H25N3O3. The zero-order valence-corrected chi connectivity index (χ0v) is 13.0. The van der Waals surface area contributed by atoms with Gasteiger partial charge in [0.05, 0.1) is 24.8 Å². The number of hydrogen-bond acceptors (Lipinski definition) is 4. The van der Waals surface area contributed by atoms with Crippen LogP contribution >= 0.6 is 0 Å². The van der Waals surface area contributed by atoms with Gasteiger partial charge in [0, 0.05) is 20.1 Å². The fraction of sp³-hybridized carbons (Fsp3) is 0.857. The number of carbonyl (C=O) groups excluding carboxylic acids is 2. The van der Waals surface area contributed by atoms with Crippen LogP contribution in [0.15, 0.2) is 0 Å². The minimum absolute atomic E-state index is 0.0126. The Labute approximate surface area is 120 Å². The highest BCUT2D eigenvalue weighted by Gasteiger charge is 2.46. The van der Waals surface area contributed by atoms with Crippen LogP contribution < -0.4 is 0 Å². The summed E-state index contributed by atoms with van der Waals surface area (Å²) in [4.78, 5) is 29.9. The van der Waals surface area contributed by atoms with E-state index in [0.717, 1.165) is 6.54 Å². The molecule has 2 aliphatic rings. The van der Waals surface area contributed by atoms with E-state index in [1.54, 1.807) is 11.9 Å². The summed E-state index contributed by atoms with van der Waals surface area (Å²) in [6, 6.07) is -0.496. The smallest absolute Gasteiger partial charge is 0.247 e. The van der Waals surface area contributed by atoms with Gasteiger partial charge in [-0.3, -0.25) is 14.5 Å². The summed E-state index contributed by atoms with van der Waals surface area (Å²) in [6.45, 7) is 8.01. The normalized spacial score (nSPS) is 28.9. The van der Waals surface area contributed by atoms with Crippen LogP contribution in [0.1, 0.15) is 20.8 Å². The topological polar surface area (TPSA) is 53.1 Å². The molecule has 0 radical (unpaired) electrons. The molecule has 0 aromatic carbocycles. The molecular weight excluding hydrogens is 258 g/mol. The molecule has 0 aromatic heterocycles. The molecule has 2 heterocycles. The highest BCUT2D eigenvalue weighted by atomic mass is 16.5. The van der Waals surface area contributed by atoms with Gasteiger partial charge in [0.25, 0.3) is 0 Å². The molecule has 114 valence electrons. The molecule has 0 N–H and O–H groups in total. The van der Waals surface area contributed by atoms with Crippen molar-refractivity contribution in [3.63, 3.8) is 0 Å². The summed E-state index contributed by atoms with van der Waals surface area (Å²) in [7, 11) is 3.67. The summed E-state index contributed by atoms with van der Waals surface area (Å²) in [5.41, 5.74) is -0.253. The minimum atomic E-state index is -0.414. The molecule has 0 aromatic rings. The van der Waals surface area contributed by atoms with Crippen LogP contribution in [-0.4, -0.2) is 84.5 Å². The van der Waals surface area contributed by atoms with E-state index in [9.17, 15) is 9.59 Å². The first-order chi connectivity index (χ1) is 9.20. The summed E-state index contributed by atoms with van der Waals surface area (Å²) in [5, 5.41) is 0. The van der Waals surface area contributed by atoms with Crippen LogP contribution in [0, 0.1) is 0 Å². The summed E-state index contributed by atoms with van der Waals surface area (Å²) >= 11 is 0. The minimum Gasteiger partial charge on any atom is -0.374 e. The maximum absolute atomic E-state index is 12.4. The van der Waals surface area contributed by atoms with Crippen molar-refractivity contribution in [2.75, 3.05) is 40.3 Å². The lowest BCUT2D eigenvalue weighted by Crippen LogP contribution is -2.70. The molecule has 0 saturated carbocycles. The standard InChI is InChI=1S/C14H25N3O3/c1-14(2,3)20-9-10-12-13(19)16(5)8-11(18)17(12)7-6-15(10)4/h10,12H,6-9H2,1-5H3. The molecule has 0 aliphatic carbocycles. The van der Waals surface area contributed by atoms with Crippen molar-refractivity contribution in [2.45, 2.75) is 38.5 Å². The molecule has 2 aliphatic heterocycles. The maximum atomic E-state index is 12.4. The SMILES string of the molecule is CN1CC(=O)N2CCN(C)C(COC(C)(C)C)C2C1=O. The Balaban J connectivity index is 2.18. The number of likely N-dealkylation sites (N-methyl/N-ethyl adjacent to an activating group) is 2. The van der Waals surface area contributed by atoms with Crippen LogP contribution in [0.4, 0.5) is 0 Å². The van der Waals surface area contributed by atoms with E-state index in [4.69, 9.17) is 4.74 Å². The van der Waals surface area contributed by atoms with Crippen molar-refractivity contribution in [3.8, 4) is 0 Å². The monoisotopic (exact) mass is 283 g/mol. The number of nitrogens with zero attached hydrogens (tertiary/aromatic N) is 3. The zero-order chi connectivity index (χ0) is 15.1. The van der Waals surface area contributed by atoms with E-state index in [-0.39, 0.29) is 30.0 Å². The lowest BCUT2D eigenvalue weighted by Gasteiger charge is -2.49. The van der Waals surface area contributed by atoms with Gasteiger partial charge in [0.1, 0.15) is 6.04 Å². The van der Waals surface area contributed by atoms with Gasteiger partial charge < -0.3 is 14.5 Å². The van der Waals surface area contributed by atoms with Gasteiger partial charge in [-0.05, 0) is 27.8 Å². The van der Waals surface area contributed by atoms with E-state index in [2.05, 4.69) is 4.90 Å². The van der Waals surface area contributed by atoms with Crippen molar-refractivity contribution in [1.82, 2.24) is 14.7 Å². The first-order valence-electron chi connectivity index (χ1n) is 7.09. The fourth-order valence-corrected chi connectivity index (χ4v) is 2.75. The molecule has 2 atom stereocenters. The van der Waals surface area contributed by atoms with E-state index in [1.807, 2.05) is 27.8 Å². The predicted octanol–water partition coefficient (Wildman–Crippen LogP) is -0.215. The summed E-state index contributed by atoms with van der Waals surface area (Å²) in [5.74, 6) is 0.0459. The van der Waals surface area contributed by atoms with Crippen LogP contribution in [0.2, 0.25) is 0 Å². The Morgan fingerprint density at radius 2 is 1.85 bits per heavy atom. The van der Waals surface area contributed by atoms with Crippen LogP contribution in [0.3, 0.4) is 0 Å². The van der Waals surface area contributed by atoms with E-state index in [0.29, 0.717) is 13.2 Å². The number of amides is 2. The second-order valence-electron chi connectivity index (χ2n) is 6.70. The lowest BCUT2D eigenvalue weighted by molar-refractivity contribution is -0.164. The Bertz CT molecular complexity index is 405. The van der Waals surface area contributed by atoms with Gasteiger partial charge in [-0.2, -0.15) is 0 Å². The Kier molecular flexibility index (Phi) is 4.07. The third-order valence-electron chi connectivity index (χ3n) is 3.97. The van der Waals surface area contributed by atoms with Gasteiger partial charge in [-0.25, -0.2) is 0 Å². The van der Waals surface area contributed by atoms with Gasteiger partial charge in [-0.15, -0.1) is 0 Å². The van der Waals surface area contributed by atoms with Crippen molar-refractivity contribution >= 4 is 11.8 Å². The summed E-state index contributed by atoms with van der Waals surface area (Å²) < 4.78 is 5.86. The first kappa shape index (κ1) is 15.3. The number of hydrogen-bond donors (Lipinski definition) is 0. The molecule has 2 unspecified atom stereocenters. The molecule has 20 heavy (non-hydrogen) atoms. The molecule has 2 rings (SSSR count). The molecule has 6 heteroatoms. The number of piperazine rings is 2. The molecule has 0 bridgehead atoms. The highest BCUT2D eigenvalue weighted by Crippen LogP contribution is 2.23. The highest BCUT2D eigenvalue weighted by molar-refractivity contribution is 5.95. The zero-order valence-electron chi connectivity index (χ0n) is 13.0. The number of carbonyl (C=O) groups is 2. The summed E-state index contributed by atoms with van der Waals surface area (Å²) in [6.07, 6.45) is 0. The lowest BCUT2D eigenvalue weighted by atomic mass is 9.98. The Morgan fingerprint density at radius 3 is 2.45 bits per heavy atom. The number of rotatable bonds is 2. The van der Waals surface area contributed by atoms with Gasteiger partial charge in [-0.1, -0.05) is 0 Å². The molecule has 6 nitrogen and oxygen atoms in total. The number of ether oxygens (including phenoxy) is 1. The number of fused-ring (bicyclic) bond motifs is 1. The third-order valence-corrected chi connectivity index (χ3v) is 3.97. The van der Waals surface area contributed by atoms with Crippen molar-refractivity contribution in [2.24, 2.45) is 0 Å². The van der Waals surface area contributed by atoms with Crippen LogP contribution in [0.5, 0.6) is 0 Å². The Morgan fingerprint density at radius 1 is 1.20 bits per heavy atom. The van der Waals surface area contributed by atoms with Crippen molar-refractivity contribution in [3.05, 3.63) is 0 Å². The van der Waals surface area contributed by atoms with E-state index < -0.39 is 6.04 Å². The quantitative estimate of drug-likeness (QED) is 0.703. The van der Waals surface area contributed by atoms with Crippen LogP contribution in [-0.2, 0) is 14.3 Å². The molecule has 2 fully saturated rings. The average molecular weight is 283 g/mol. The van der Waals surface area contributed by atoms with Gasteiger partial charge >= 0.3 is 0 Å². The van der Waals surface area contributed by atoms with E-state index >= 15 is 0 Å². The molecule has 2 amide bonds. The largest absolute Gasteiger partial charge is 0.374 e. The van der Waals surface area contributed by atoms with Crippen molar-refractivity contribution < 1.29 is 14.3 Å². The third kappa shape index (κ3) is 2.96. The molecule has 0 spiro atoms. The van der Waals surface area contributed by atoms with E-state index in [1.165, 1.54) is 4.90 Å². The van der Waals surface area contributed by atoms with Gasteiger partial charge in [0.15, 0.2) is 0 Å².